The molecule has 19 heavy (non-hydrogen) atoms. The van der Waals surface area contributed by atoms with Crippen molar-refractivity contribution >= 4 is 0 Å². The van der Waals surface area contributed by atoms with Gasteiger partial charge in [-0.05, 0) is 38.1 Å². The van der Waals surface area contributed by atoms with Crippen molar-refractivity contribution < 1.29 is 0 Å². The van der Waals surface area contributed by atoms with E-state index in [4.69, 9.17) is 0 Å². The van der Waals surface area contributed by atoms with Crippen molar-refractivity contribution in [1.82, 2.24) is 15.2 Å². The van der Waals surface area contributed by atoms with E-state index in [0.717, 1.165) is 26.1 Å². The van der Waals surface area contributed by atoms with Crippen LogP contribution in [0.5, 0.6) is 0 Å². The number of nitrogens with one attached hydrogen (secondary N) is 1. The van der Waals surface area contributed by atoms with Crippen molar-refractivity contribution in [3.63, 3.8) is 0 Å². The summed E-state index contributed by atoms with van der Waals surface area (Å²) in [6.45, 7) is 7.93. The van der Waals surface area contributed by atoms with E-state index in [0.29, 0.717) is 5.41 Å². The Hall–Kier alpha value is -0.930. The first-order chi connectivity index (χ1) is 9.09. The molecule has 0 radical (unpaired) electrons. The van der Waals surface area contributed by atoms with Gasteiger partial charge in [0.1, 0.15) is 0 Å². The van der Waals surface area contributed by atoms with Crippen LogP contribution in [0.3, 0.4) is 0 Å². The first kappa shape index (κ1) is 16.1. The predicted molar refractivity (Wildman–Crippen MR) is 82.4 cm³/mol. The summed E-state index contributed by atoms with van der Waals surface area (Å²) in [6, 6.07) is 6.13. The van der Waals surface area contributed by atoms with Gasteiger partial charge in [0.25, 0.3) is 0 Å². The molecular weight excluding hydrogens is 234 g/mol. The fourth-order valence-electron chi connectivity index (χ4n) is 2.84. The number of hydrogen-bond donors (Lipinski definition) is 1. The SMILES string of the molecule is CCCC(C)(CNC)CN(C)CCc1ccccn1. The summed E-state index contributed by atoms with van der Waals surface area (Å²) in [4.78, 5) is 6.81. The van der Waals surface area contributed by atoms with Crippen LogP contribution in [0.15, 0.2) is 24.4 Å². The van der Waals surface area contributed by atoms with Crippen LogP contribution in [0.2, 0.25) is 0 Å². The van der Waals surface area contributed by atoms with Crippen LogP contribution in [-0.2, 0) is 6.42 Å². The molecule has 0 spiro atoms. The fourth-order valence-corrected chi connectivity index (χ4v) is 2.84. The standard InChI is InChI=1S/C16H29N3/c1-5-10-16(2,13-17-3)14-19(4)12-9-15-8-6-7-11-18-15/h6-8,11,17H,5,9-10,12-14H2,1-4H3. The van der Waals surface area contributed by atoms with Gasteiger partial charge in [0.05, 0.1) is 0 Å². The molecule has 108 valence electrons. The quantitative estimate of drug-likeness (QED) is 0.742. The summed E-state index contributed by atoms with van der Waals surface area (Å²) < 4.78 is 0. The highest BCUT2D eigenvalue weighted by molar-refractivity contribution is 5.03. The van der Waals surface area contributed by atoms with Gasteiger partial charge < -0.3 is 10.2 Å². The first-order valence-electron chi connectivity index (χ1n) is 7.33. The average Bonchev–Trinajstić information content (AvgIpc) is 2.38. The number of pyridine rings is 1. The Morgan fingerprint density at radius 3 is 2.74 bits per heavy atom. The number of rotatable bonds is 9. The highest BCUT2D eigenvalue weighted by Crippen LogP contribution is 2.23. The molecule has 0 amide bonds. The zero-order valence-electron chi connectivity index (χ0n) is 12.9. The minimum Gasteiger partial charge on any atom is -0.319 e. The summed E-state index contributed by atoms with van der Waals surface area (Å²) in [5.74, 6) is 0. The molecule has 0 saturated heterocycles. The molecule has 1 unspecified atom stereocenters. The van der Waals surface area contributed by atoms with E-state index in [1.165, 1.54) is 18.5 Å². The third-order valence-electron chi connectivity index (χ3n) is 3.58. The first-order valence-corrected chi connectivity index (χ1v) is 7.33. The van der Waals surface area contributed by atoms with E-state index >= 15 is 0 Å². The van der Waals surface area contributed by atoms with E-state index in [9.17, 15) is 0 Å². The summed E-state index contributed by atoms with van der Waals surface area (Å²) >= 11 is 0. The number of likely N-dealkylation sites (N-methyl/N-ethyl adjacent to an activating group) is 1. The van der Waals surface area contributed by atoms with Gasteiger partial charge in [-0.2, -0.15) is 0 Å². The summed E-state index contributed by atoms with van der Waals surface area (Å²) in [6.07, 6.45) is 5.41. The minimum atomic E-state index is 0.363. The van der Waals surface area contributed by atoms with Gasteiger partial charge >= 0.3 is 0 Å². The largest absolute Gasteiger partial charge is 0.319 e. The molecule has 0 fully saturated rings. The number of aromatic nitrogens is 1. The van der Waals surface area contributed by atoms with E-state index in [2.05, 4.69) is 48.2 Å². The van der Waals surface area contributed by atoms with Crippen LogP contribution < -0.4 is 5.32 Å². The van der Waals surface area contributed by atoms with Crippen molar-refractivity contribution in [2.45, 2.75) is 33.1 Å². The van der Waals surface area contributed by atoms with Crippen LogP contribution in [0, 0.1) is 5.41 Å². The second-order valence-electron chi connectivity index (χ2n) is 5.90. The average molecular weight is 263 g/mol. The maximum Gasteiger partial charge on any atom is 0.0416 e. The second kappa shape index (κ2) is 8.28. The molecule has 1 aromatic heterocycles. The lowest BCUT2D eigenvalue weighted by Gasteiger charge is -2.33. The van der Waals surface area contributed by atoms with Crippen molar-refractivity contribution in [3.05, 3.63) is 30.1 Å². The van der Waals surface area contributed by atoms with Gasteiger partial charge in [-0.3, -0.25) is 4.98 Å². The summed E-state index contributed by atoms with van der Waals surface area (Å²) in [5.41, 5.74) is 1.54. The van der Waals surface area contributed by atoms with Crippen molar-refractivity contribution in [2.24, 2.45) is 5.41 Å². The highest BCUT2D eigenvalue weighted by Gasteiger charge is 2.24. The maximum atomic E-state index is 4.38. The van der Waals surface area contributed by atoms with E-state index < -0.39 is 0 Å². The Morgan fingerprint density at radius 2 is 2.16 bits per heavy atom. The zero-order chi connectivity index (χ0) is 14.1. The van der Waals surface area contributed by atoms with Crippen LogP contribution in [0.4, 0.5) is 0 Å². The lowest BCUT2D eigenvalue weighted by Crippen LogP contribution is -2.40. The smallest absolute Gasteiger partial charge is 0.0416 e. The normalized spacial score (nSPS) is 14.6. The molecule has 0 saturated carbocycles. The Labute approximate surface area is 118 Å². The summed E-state index contributed by atoms with van der Waals surface area (Å²) in [7, 11) is 4.26. The number of hydrogen-bond acceptors (Lipinski definition) is 3. The second-order valence-corrected chi connectivity index (χ2v) is 5.90. The lowest BCUT2D eigenvalue weighted by molar-refractivity contribution is 0.177. The van der Waals surface area contributed by atoms with Crippen LogP contribution in [0.25, 0.3) is 0 Å². The van der Waals surface area contributed by atoms with E-state index in [-0.39, 0.29) is 0 Å². The minimum absolute atomic E-state index is 0.363. The van der Waals surface area contributed by atoms with Crippen LogP contribution >= 0.6 is 0 Å². The van der Waals surface area contributed by atoms with Gasteiger partial charge in [-0.1, -0.05) is 26.3 Å². The molecule has 3 heteroatoms. The van der Waals surface area contributed by atoms with E-state index in [1.54, 1.807) is 0 Å². The Balaban J connectivity index is 2.42. The predicted octanol–water partition coefficient (Wildman–Crippen LogP) is 2.58. The molecular formula is C16H29N3. The molecule has 1 atom stereocenters. The topological polar surface area (TPSA) is 28.2 Å². The molecule has 0 aliphatic carbocycles. The lowest BCUT2D eigenvalue weighted by atomic mass is 9.85. The molecule has 0 aliphatic heterocycles. The molecule has 0 aliphatic rings. The van der Waals surface area contributed by atoms with Gasteiger partial charge in [0.2, 0.25) is 0 Å². The fraction of sp³-hybridized carbons (Fsp3) is 0.688. The van der Waals surface area contributed by atoms with E-state index in [1.807, 2.05) is 19.3 Å². The van der Waals surface area contributed by atoms with Gasteiger partial charge in [-0.25, -0.2) is 0 Å². The monoisotopic (exact) mass is 263 g/mol. The van der Waals surface area contributed by atoms with Gasteiger partial charge in [0.15, 0.2) is 0 Å². The maximum absolute atomic E-state index is 4.38. The number of nitrogens with zero attached hydrogens (tertiary/aromatic N) is 2. The van der Waals surface area contributed by atoms with Crippen LogP contribution in [0.1, 0.15) is 32.4 Å². The van der Waals surface area contributed by atoms with Crippen molar-refractivity contribution in [3.8, 4) is 0 Å². The highest BCUT2D eigenvalue weighted by atomic mass is 15.1. The molecule has 0 bridgehead atoms. The van der Waals surface area contributed by atoms with Gasteiger partial charge in [0, 0.05) is 37.9 Å². The molecule has 3 nitrogen and oxygen atoms in total. The summed E-state index contributed by atoms with van der Waals surface area (Å²) in [5, 5.41) is 3.33. The zero-order valence-corrected chi connectivity index (χ0v) is 12.9. The van der Waals surface area contributed by atoms with Crippen molar-refractivity contribution in [2.75, 3.05) is 33.7 Å². The van der Waals surface area contributed by atoms with Gasteiger partial charge in [-0.15, -0.1) is 0 Å². The molecule has 0 aromatic carbocycles. The van der Waals surface area contributed by atoms with Crippen LogP contribution in [-0.4, -0.2) is 43.6 Å². The Morgan fingerprint density at radius 1 is 1.37 bits per heavy atom. The third-order valence-corrected chi connectivity index (χ3v) is 3.58. The molecule has 1 aromatic rings. The third kappa shape index (κ3) is 6.17. The molecule has 1 rings (SSSR count). The van der Waals surface area contributed by atoms with Crippen molar-refractivity contribution in [1.29, 1.82) is 0 Å². The molecule has 1 N–H and O–H groups in total. The Bertz CT molecular complexity index is 331. The molecule has 1 heterocycles. The Kier molecular flexibility index (Phi) is 7.03.